The zero-order valence-electron chi connectivity index (χ0n) is 9.46. The summed E-state index contributed by atoms with van der Waals surface area (Å²) in [6.07, 6.45) is 16.8. The Kier molecular flexibility index (Phi) is 8.97. The maximum atomic E-state index is 2.94. The smallest absolute Gasteiger partial charge is 0.00277 e. The predicted molar refractivity (Wildman–Crippen MR) is 65.1 cm³/mol. The maximum absolute atomic E-state index is 2.94. The monoisotopic (exact) mass is 191 g/mol. The quantitative estimate of drug-likeness (QED) is 0.633. The van der Waals surface area contributed by atoms with Crippen LogP contribution in [0.4, 0.5) is 0 Å². The van der Waals surface area contributed by atoms with Gasteiger partial charge in [-0.15, -0.1) is 0 Å². The maximum Gasteiger partial charge on any atom is 0.00277 e. The molecule has 1 nitrogen and oxygen atoms in total. The van der Waals surface area contributed by atoms with Crippen LogP contribution in [-0.2, 0) is 0 Å². The fraction of sp³-hybridized carbons (Fsp3) is 0.385. The summed E-state index contributed by atoms with van der Waals surface area (Å²) in [4.78, 5) is 0. The molecule has 0 unspecified atom stereocenters. The van der Waals surface area contributed by atoms with E-state index >= 15 is 0 Å². The third-order valence-corrected chi connectivity index (χ3v) is 1.68. The van der Waals surface area contributed by atoms with Crippen LogP contribution < -0.4 is 5.32 Å². The van der Waals surface area contributed by atoms with Crippen molar-refractivity contribution in [1.82, 2.24) is 5.32 Å². The molecule has 0 radical (unpaired) electrons. The zero-order chi connectivity index (χ0) is 10.6. The van der Waals surface area contributed by atoms with Gasteiger partial charge in [0.1, 0.15) is 0 Å². The number of hydrogen-bond donors (Lipinski definition) is 1. The van der Waals surface area contributed by atoms with Gasteiger partial charge in [0.25, 0.3) is 0 Å². The minimum atomic E-state index is 1.16. The Balaban J connectivity index is 3.87. The highest BCUT2D eigenvalue weighted by Gasteiger charge is 1.76. The first-order valence-corrected chi connectivity index (χ1v) is 5.15. The van der Waals surface area contributed by atoms with Crippen LogP contribution in [0.3, 0.4) is 0 Å². The Morgan fingerprint density at radius 3 is 2.64 bits per heavy atom. The summed E-state index contributed by atoms with van der Waals surface area (Å²) in [5.41, 5.74) is 1.26. The first-order chi connectivity index (χ1) is 6.81. The van der Waals surface area contributed by atoms with Crippen LogP contribution in [0.5, 0.6) is 0 Å². The highest BCUT2D eigenvalue weighted by molar-refractivity contribution is 5.24. The van der Waals surface area contributed by atoms with E-state index < -0.39 is 0 Å². The van der Waals surface area contributed by atoms with Crippen molar-refractivity contribution in [3.63, 3.8) is 0 Å². The summed E-state index contributed by atoms with van der Waals surface area (Å²) in [5, 5.41) is 2.94. The number of rotatable bonds is 6. The van der Waals surface area contributed by atoms with E-state index in [4.69, 9.17) is 0 Å². The van der Waals surface area contributed by atoms with Gasteiger partial charge >= 0.3 is 0 Å². The van der Waals surface area contributed by atoms with Crippen molar-refractivity contribution in [3.8, 4) is 0 Å². The molecule has 0 fully saturated rings. The molecule has 0 spiro atoms. The molecule has 0 aliphatic heterocycles. The van der Waals surface area contributed by atoms with E-state index in [0.29, 0.717) is 0 Å². The van der Waals surface area contributed by atoms with Gasteiger partial charge in [0.15, 0.2) is 0 Å². The van der Waals surface area contributed by atoms with E-state index in [9.17, 15) is 0 Å². The Bertz CT molecular complexity index is 232. The summed E-state index contributed by atoms with van der Waals surface area (Å²) < 4.78 is 0. The van der Waals surface area contributed by atoms with Gasteiger partial charge in [-0.3, -0.25) is 0 Å². The Morgan fingerprint density at radius 2 is 2.00 bits per heavy atom. The highest BCUT2D eigenvalue weighted by atomic mass is 14.8. The summed E-state index contributed by atoms with van der Waals surface area (Å²) in [6.45, 7) is 4.28. The standard InChI is InChI=1S/C13H21N/c1-4-5-6-7-10-13(2)11-8-9-12-14-3/h6-12,14H,4-5H2,1-3H3. The lowest BCUT2D eigenvalue weighted by molar-refractivity contribution is 0.959. The van der Waals surface area contributed by atoms with Gasteiger partial charge in [-0.1, -0.05) is 49.3 Å². The molecule has 0 saturated heterocycles. The van der Waals surface area contributed by atoms with Gasteiger partial charge in [-0.2, -0.15) is 0 Å². The minimum Gasteiger partial charge on any atom is -0.394 e. The highest BCUT2D eigenvalue weighted by Crippen LogP contribution is 1.97. The van der Waals surface area contributed by atoms with Gasteiger partial charge in [-0.25, -0.2) is 0 Å². The summed E-state index contributed by atoms with van der Waals surface area (Å²) in [6, 6.07) is 0. The fourth-order valence-electron chi connectivity index (χ4n) is 0.897. The summed E-state index contributed by atoms with van der Waals surface area (Å²) in [5.74, 6) is 0. The third kappa shape index (κ3) is 8.85. The molecule has 1 heteroatoms. The lowest BCUT2D eigenvalue weighted by Crippen LogP contribution is -1.89. The van der Waals surface area contributed by atoms with E-state index in [-0.39, 0.29) is 0 Å². The van der Waals surface area contributed by atoms with Crippen LogP contribution in [0, 0.1) is 0 Å². The molecule has 0 aliphatic rings. The van der Waals surface area contributed by atoms with Crippen molar-refractivity contribution in [2.75, 3.05) is 7.05 Å². The Labute approximate surface area is 87.9 Å². The molecule has 0 bridgehead atoms. The normalized spacial score (nSPS) is 13.5. The van der Waals surface area contributed by atoms with E-state index in [2.05, 4.69) is 43.5 Å². The fourth-order valence-corrected chi connectivity index (χ4v) is 0.897. The molecule has 14 heavy (non-hydrogen) atoms. The zero-order valence-corrected chi connectivity index (χ0v) is 9.46. The molecule has 78 valence electrons. The van der Waals surface area contributed by atoms with Gasteiger partial charge in [-0.05, 0) is 25.6 Å². The second-order valence-corrected chi connectivity index (χ2v) is 3.13. The van der Waals surface area contributed by atoms with Crippen LogP contribution in [0.25, 0.3) is 0 Å². The van der Waals surface area contributed by atoms with Gasteiger partial charge in [0.05, 0.1) is 0 Å². The molecule has 0 saturated carbocycles. The number of allylic oxidation sites excluding steroid dienone is 7. The molecular formula is C13H21N. The largest absolute Gasteiger partial charge is 0.394 e. The Hall–Kier alpha value is -1.24. The molecule has 0 heterocycles. The molecule has 0 rings (SSSR count). The van der Waals surface area contributed by atoms with E-state index in [0.717, 1.165) is 6.42 Å². The van der Waals surface area contributed by atoms with Crippen LogP contribution in [-0.4, -0.2) is 7.05 Å². The second kappa shape index (κ2) is 9.85. The molecular weight excluding hydrogens is 170 g/mol. The van der Waals surface area contributed by atoms with Crippen molar-refractivity contribution in [1.29, 1.82) is 0 Å². The number of hydrogen-bond acceptors (Lipinski definition) is 1. The first-order valence-electron chi connectivity index (χ1n) is 5.15. The van der Waals surface area contributed by atoms with Crippen molar-refractivity contribution < 1.29 is 0 Å². The molecule has 0 aromatic rings. The van der Waals surface area contributed by atoms with Crippen molar-refractivity contribution in [2.24, 2.45) is 0 Å². The molecule has 0 aliphatic carbocycles. The molecule has 0 atom stereocenters. The number of nitrogens with one attached hydrogen (secondary N) is 1. The predicted octanol–water partition coefficient (Wildman–Crippen LogP) is 3.58. The lowest BCUT2D eigenvalue weighted by Gasteiger charge is -1.87. The van der Waals surface area contributed by atoms with E-state index in [1.807, 2.05) is 25.4 Å². The first kappa shape index (κ1) is 12.8. The van der Waals surface area contributed by atoms with Crippen LogP contribution in [0.15, 0.2) is 48.2 Å². The molecule has 1 N–H and O–H groups in total. The average molecular weight is 191 g/mol. The average Bonchev–Trinajstić information content (AvgIpc) is 2.19. The number of unbranched alkanes of at least 4 members (excludes halogenated alkanes) is 1. The third-order valence-electron chi connectivity index (χ3n) is 1.68. The van der Waals surface area contributed by atoms with E-state index in [1.54, 1.807) is 0 Å². The SMILES string of the molecule is CCCC=CC=C(C)C=CC=CNC. The van der Waals surface area contributed by atoms with Crippen molar-refractivity contribution >= 4 is 0 Å². The van der Waals surface area contributed by atoms with Gasteiger partial charge in [0.2, 0.25) is 0 Å². The minimum absolute atomic E-state index is 1.16. The van der Waals surface area contributed by atoms with Crippen molar-refractivity contribution in [2.45, 2.75) is 26.7 Å². The van der Waals surface area contributed by atoms with Crippen molar-refractivity contribution in [3.05, 3.63) is 48.2 Å². The molecule has 0 amide bonds. The van der Waals surface area contributed by atoms with Gasteiger partial charge < -0.3 is 5.32 Å². The summed E-state index contributed by atoms with van der Waals surface area (Å²) in [7, 11) is 1.89. The van der Waals surface area contributed by atoms with E-state index in [1.165, 1.54) is 12.0 Å². The Morgan fingerprint density at radius 1 is 1.21 bits per heavy atom. The second-order valence-electron chi connectivity index (χ2n) is 3.13. The van der Waals surface area contributed by atoms with Crippen LogP contribution >= 0.6 is 0 Å². The summed E-state index contributed by atoms with van der Waals surface area (Å²) >= 11 is 0. The van der Waals surface area contributed by atoms with Crippen LogP contribution in [0.2, 0.25) is 0 Å². The van der Waals surface area contributed by atoms with Crippen LogP contribution in [0.1, 0.15) is 26.7 Å². The van der Waals surface area contributed by atoms with Gasteiger partial charge in [0, 0.05) is 7.05 Å². The molecule has 0 aromatic carbocycles. The topological polar surface area (TPSA) is 12.0 Å². The lowest BCUT2D eigenvalue weighted by atomic mass is 10.2. The molecule has 0 aromatic heterocycles.